The Balaban J connectivity index is 1.75. The predicted molar refractivity (Wildman–Crippen MR) is 71.9 cm³/mol. The molecule has 1 nitrogen and oxygen atoms in total. The number of aldehydes is 1. The van der Waals surface area contributed by atoms with Crippen LogP contribution in [0.5, 0.6) is 0 Å². The summed E-state index contributed by atoms with van der Waals surface area (Å²) in [4.78, 5) is 10.9. The smallest absolute Gasteiger partial charge is 0.123 e. The monoisotopic (exact) mass is 236 g/mol. The minimum atomic E-state index is 0.396. The standard InChI is InChI=1S/C16H28O/c1-2-3-4-5-13-6-8-16-11-14(12-17)7-9-15(16)10-13/h12-16H,2-11H2,1H3. The lowest BCUT2D eigenvalue weighted by Gasteiger charge is -2.41. The molecule has 4 atom stereocenters. The molecule has 0 bridgehead atoms. The zero-order valence-electron chi connectivity index (χ0n) is 11.4. The topological polar surface area (TPSA) is 17.1 Å². The fourth-order valence-corrected chi connectivity index (χ4v) is 4.09. The van der Waals surface area contributed by atoms with Crippen LogP contribution < -0.4 is 0 Å². The Morgan fingerprint density at radius 3 is 2.53 bits per heavy atom. The molecule has 0 N–H and O–H groups in total. The highest BCUT2D eigenvalue weighted by molar-refractivity contribution is 5.53. The van der Waals surface area contributed by atoms with Crippen molar-refractivity contribution >= 4 is 6.29 Å². The summed E-state index contributed by atoms with van der Waals surface area (Å²) in [6.45, 7) is 2.29. The molecular formula is C16H28O. The number of carbonyl (C=O) groups excluding carboxylic acids is 1. The molecule has 0 aromatic rings. The van der Waals surface area contributed by atoms with Crippen molar-refractivity contribution in [2.24, 2.45) is 23.7 Å². The van der Waals surface area contributed by atoms with Crippen LogP contribution in [-0.2, 0) is 4.79 Å². The van der Waals surface area contributed by atoms with Gasteiger partial charge in [-0.2, -0.15) is 0 Å². The van der Waals surface area contributed by atoms with E-state index < -0.39 is 0 Å². The van der Waals surface area contributed by atoms with Gasteiger partial charge in [0, 0.05) is 5.92 Å². The van der Waals surface area contributed by atoms with Crippen molar-refractivity contribution in [2.45, 2.75) is 71.1 Å². The van der Waals surface area contributed by atoms with Crippen molar-refractivity contribution in [3.05, 3.63) is 0 Å². The SMILES string of the molecule is CCCCCC1CCC2CC(C=O)CCC2C1. The lowest BCUT2D eigenvalue weighted by Crippen LogP contribution is -2.31. The van der Waals surface area contributed by atoms with Crippen molar-refractivity contribution in [1.29, 1.82) is 0 Å². The first-order valence-electron chi connectivity index (χ1n) is 7.78. The average Bonchev–Trinajstić information content (AvgIpc) is 2.38. The molecule has 0 spiro atoms. The summed E-state index contributed by atoms with van der Waals surface area (Å²) in [5.41, 5.74) is 0. The van der Waals surface area contributed by atoms with Crippen LogP contribution in [0.15, 0.2) is 0 Å². The minimum absolute atomic E-state index is 0.396. The van der Waals surface area contributed by atoms with Crippen LogP contribution in [0, 0.1) is 23.7 Å². The number of hydrogen-bond acceptors (Lipinski definition) is 1. The molecule has 4 unspecified atom stereocenters. The molecular weight excluding hydrogens is 208 g/mol. The van der Waals surface area contributed by atoms with Gasteiger partial charge in [0.1, 0.15) is 6.29 Å². The fourth-order valence-electron chi connectivity index (χ4n) is 4.09. The Labute approximate surface area is 106 Å². The molecule has 1 heteroatoms. The molecule has 0 aromatic carbocycles. The normalized spacial score (nSPS) is 37.5. The summed E-state index contributed by atoms with van der Waals surface area (Å²) in [5, 5.41) is 0. The van der Waals surface area contributed by atoms with Gasteiger partial charge in [0.05, 0.1) is 0 Å². The fraction of sp³-hybridized carbons (Fsp3) is 0.938. The quantitative estimate of drug-likeness (QED) is 0.503. The molecule has 2 fully saturated rings. The Bertz CT molecular complexity index is 236. The highest BCUT2D eigenvalue weighted by Gasteiger charge is 2.34. The molecule has 17 heavy (non-hydrogen) atoms. The van der Waals surface area contributed by atoms with E-state index in [-0.39, 0.29) is 0 Å². The zero-order chi connectivity index (χ0) is 12.1. The second kappa shape index (κ2) is 6.56. The first kappa shape index (κ1) is 13.1. The molecule has 0 amide bonds. The van der Waals surface area contributed by atoms with E-state index in [0.29, 0.717) is 5.92 Å². The Morgan fingerprint density at radius 1 is 1.00 bits per heavy atom. The average molecular weight is 236 g/mol. The van der Waals surface area contributed by atoms with E-state index in [9.17, 15) is 4.79 Å². The minimum Gasteiger partial charge on any atom is -0.303 e. The van der Waals surface area contributed by atoms with Crippen LogP contribution in [0.2, 0.25) is 0 Å². The number of rotatable bonds is 5. The van der Waals surface area contributed by atoms with Gasteiger partial charge in [0.15, 0.2) is 0 Å². The number of hydrogen-bond donors (Lipinski definition) is 0. The molecule has 98 valence electrons. The lowest BCUT2D eigenvalue weighted by atomic mass is 9.64. The van der Waals surface area contributed by atoms with Crippen LogP contribution in [0.4, 0.5) is 0 Å². The van der Waals surface area contributed by atoms with Crippen molar-refractivity contribution in [1.82, 2.24) is 0 Å². The van der Waals surface area contributed by atoms with Crippen LogP contribution in [0.25, 0.3) is 0 Å². The van der Waals surface area contributed by atoms with Gasteiger partial charge >= 0.3 is 0 Å². The largest absolute Gasteiger partial charge is 0.303 e. The highest BCUT2D eigenvalue weighted by atomic mass is 16.1. The van der Waals surface area contributed by atoms with Gasteiger partial charge in [-0.25, -0.2) is 0 Å². The van der Waals surface area contributed by atoms with E-state index in [1.165, 1.54) is 70.5 Å². The second-order valence-electron chi connectivity index (χ2n) is 6.40. The first-order valence-corrected chi connectivity index (χ1v) is 7.78. The Morgan fingerprint density at radius 2 is 1.76 bits per heavy atom. The number of carbonyl (C=O) groups is 1. The third kappa shape index (κ3) is 3.56. The zero-order valence-corrected chi connectivity index (χ0v) is 11.4. The summed E-state index contributed by atoms with van der Waals surface area (Å²) in [6, 6.07) is 0. The van der Waals surface area contributed by atoms with Crippen LogP contribution in [-0.4, -0.2) is 6.29 Å². The van der Waals surface area contributed by atoms with Crippen molar-refractivity contribution in [3.63, 3.8) is 0 Å². The second-order valence-corrected chi connectivity index (χ2v) is 6.40. The third-order valence-electron chi connectivity index (χ3n) is 5.17. The van der Waals surface area contributed by atoms with Crippen LogP contribution >= 0.6 is 0 Å². The Hall–Kier alpha value is -0.330. The first-order chi connectivity index (χ1) is 8.33. The third-order valence-corrected chi connectivity index (χ3v) is 5.17. The van der Waals surface area contributed by atoms with E-state index >= 15 is 0 Å². The maximum Gasteiger partial charge on any atom is 0.123 e. The molecule has 0 aromatic heterocycles. The summed E-state index contributed by atoms with van der Waals surface area (Å²) in [5.74, 6) is 3.26. The molecule has 0 aliphatic heterocycles. The van der Waals surface area contributed by atoms with Gasteiger partial charge in [-0.3, -0.25) is 0 Å². The summed E-state index contributed by atoms with van der Waals surface area (Å²) in [6.07, 6.45) is 14.9. The molecule has 2 aliphatic rings. The molecule has 2 saturated carbocycles. The summed E-state index contributed by atoms with van der Waals surface area (Å²) in [7, 11) is 0. The number of fused-ring (bicyclic) bond motifs is 1. The van der Waals surface area contributed by atoms with Gasteiger partial charge in [0.2, 0.25) is 0 Å². The molecule has 2 rings (SSSR count). The van der Waals surface area contributed by atoms with Crippen molar-refractivity contribution in [3.8, 4) is 0 Å². The van der Waals surface area contributed by atoms with E-state index in [2.05, 4.69) is 6.92 Å². The van der Waals surface area contributed by atoms with E-state index in [1.807, 2.05) is 0 Å². The summed E-state index contributed by atoms with van der Waals surface area (Å²) >= 11 is 0. The van der Waals surface area contributed by atoms with Gasteiger partial charge in [0.25, 0.3) is 0 Å². The van der Waals surface area contributed by atoms with Gasteiger partial charge in [-0.1, -0.05) is 39.0 Å². The maximum atomic E-state index is 10.9. The highest BCUT2D eigenvalue weighted by Crippen LogP contribution is 2.45. The van der Waals surface area contributed by atoms with E-state index in [0.717, 1.165) is 17.8 Å². The van der Waals surface area contributed by atoms with Crippen molar-refractivity contribution < 1.29 is 4.79 Å². The van der Waals surface area contributed by atoms with Crippen LogP contribution in [0.1, 0.15) is 71.1 Å². The lowest BCUT2D eigenvalue weighted by molar-refractivity contribution is -0.113. The predicted octanol–water partition coefficient (Wildman–Crippen LogP) is 4.60. The molecule has 2 aliphatic carbocycles. The number of unbranched alkanes of at least 4 members (excludes halogenated alkanes) is 2. The molecule has 0 heterocycles. The van der Waals surface area contributed by atoms with Gasteiger partial charge < -0.3 is 4.79 Å². The van der Waals surface area contributed by atoms with Gasteiger partial charge in [-0.15, -0.1) is 0 Å². The van der Waals surface area contributed by atoms with Gasteiger partial charge in [-0.05, 0) is 49.9 Å². The van der Waals surface area contributed by atoms with Crippen LogP contribution in [0.3, 0.4) is 0 Å². The molecule has 0 saturated heterocycles. The van der Waals surface area contributed by atoms with E-state index in [1.54, 1.807) is 0 Å². The maximum absolute atomic E-state index is 10.9. The van der Waals surface area contributed by atoms with Crippen molar-refractivity contribution in [2.75, 3.05) is 0 Å². The Kier molecular flexibility index (Phi) is 5.06. The summed E-state index contributed by atoms with van der Waals surface area (Å²) < 4.78 is 0. The van der Waals surface area contributed by atoms with E-state index in [4.69, 9.17) is 0 Å². The molecule has 0 radical (unpaired) electrons.